The summed E-state index contributed by atoms with van der Waals surface area (Å²) < 4.78 is 37.8. The predicted molar refractivity (Wildman–Crippen MR) is 107 cm³/mol. The van der Waals surface area contributed by atoms with Crippen LogP contribution in [0.5, 0.6) is 0 Å². The molecule has 0 radical (unpaired) electrons. The molecule has 1 aliphatic heterocycles. The van der Waals surface area contributed by atoms with Gasteiger partial charge in [0.25, 0.3) is 0 Å². The number of halogens is 3. The third-order valence-corrected chi connectivity index (χ3v) is 9.09. The molecule has 168 valence electrons. The van der Waals surface area contributed by atoms with Crippen molar-refractivity contribution in [1.82, 2.24) is 10.2 Å². The van der Waals surface area contributed by atoms with E-state index in [0.29, 0.717) is 30.6 Å². The molecule has 3 fully saturated rings. The Morgan fingerprint density at radius 3 is 2.53 bits per heavy atom. The minimum atomic E-state index is -4.38. The molecule has 0 bridgehead atoms. The van der Waals surface area contributed by atoms with Crippen LogP contribution in [0.15, 0.2) is 11.3 Å². The third-order valence-electron chi connectivity index (χ3n) is 9.09. The van der Waals surface area contributed by atoms with Gasteiger partial charge in [-0.1, -0.05) is 19.4 Å². The number of carbonyl (C=O) groups excluding carboxylic acids is 2. The Labute approximate surface area is 176 Å². The largest absolute Gasteiger partial charge is 0.405 e. The highest BCUT2D eigenvalue weighted by Crippen LogP contribution is 2.66. The van der Waals surface area contributed by atoms with Gasteiger partial charge in [-0.05, 0) is 68.6 Å². The van der Waals surface area contributed by atoms with E-state index in [1.54, 1.807) is 0 Å². The Hall–Kier alpha value is -1.53. The molecule has 3 aliphatic carbocycles. The fraction of sp³-hybridized carbons (Fsp3) is 0.826. The summed E-state index contributed by atoms with van der Waals surface area (Å²) in [4.78, 5) is 26.9. The number of carbonyl (C=O) groups is 2. The van der Waals surface area contributed by atoms with Crippen LogP contribution in [0.25, 0.3) is 0 Å². The number of nitrogens with zero attached hydrogens (tertiary/aromatic N) is 1. The van der Waals surface area contributed by atoms with E-state index < -0.39 is 18.6 Å². The van der Waals surface area contributed by atoms with Crippen LogP contribution < -0.4 is 5.32 Å². The number of allylic oxidation sites excluding steroid dienone is 2. The lowest BCUT2D eigenvalue weighted by Gasteiger charge is -2.59. The van der Waals surface area contributed by atoms with Crippen LogP contribution in [0.4, 0.5) is 13.2 Å². The molecule has 2 amide bonds. The highest BCUT2D eigenvalue weighted by atomic mass is 19.4. The Balaban J connectivity index is 1.60. The third kappa shape index (κ3) is 3.18. The Kier molecular flexibility index (Phi) is 5.06. The summed E-state index contributed by atoms with van der Waals surface area (Å²) in [6.07, 6.45) is 1.37. The molecule has 6 atom stereocenters. The second-order valence-electron chi connectivity index (χ2n) is 10.6. The van der Waals surface area contributed by atoms with Gasteiger partial charge in [0.2, 0.25) is 11.8 Å². The van der Waals surface area contributed by atoms with Crippen LogP contribution in [0, 0.1) is 34.5 Å². The first-order valence-corrected chi connectivity index (χ1v) is 11.2. The van der Waals surface area contributed by atoms with E-state index in [9.17, 15) is 22.8 Å². The summed E-state index contributed by atoms with van der Waals surface area (Å²) in [6, 6.07) is 0. The molecule has 0 aromatic heterocycles. The molecule has 1 heterocycles. The fourth-order valence-electron chi connectivity index (χ4n) is 7.85. The van der Waals surface area contributed by atoms with Gasteiger partial charge in [-0.15, -0.1) is 0 Å². The van der Waals surface area contributed by atoms with Crippen molar-refractivity contribution in [1.29, 1.82) is 0 Å². The molecule has 4 rings (SSSR count). The monoisotopic (exact) mass is 426 g/mol. The zero-order valence-electron chi connectivity index (χ0n) is 18.4. The number of likely N-dealkylation sites (tertiary alicyclic amines) is 1. The number of nitrogens with one attached hydrogen (secondary N) is 1. The summed E-state index contributed by atoms with van der Waals surface area (Å²) in [5, 5.41) is 2.15. The van der Waals surface area contributed by atoms with Crippen molar-refractivity contribution in [2.75, 3.05) is 13.6 Å². The highest BCUT2D eigenvalue weighted by molar-refractivity contribution is 5.80. The fourth-order valence-corrected chi connectivity index (χ4v) is 7.85. The number of fused-ring (bicyclic) bond motifs is 5. The van der Waals surface area contributed by atoms with E-state index in [1.807, 2.05) is 11.9 Å². The van der Waals surface area contributed by atoms with Crippen LogP contribution >= 0.6 is 0 Å². The lowest BCUT2D eigenvalue weighted by molar-refractivity contribution is -0.146. The average molecular weight is 427 g/mol. The Morgan fingerprint density at radius 1 is 1.17 bits per heavy atom. The van der Waals surface area contributed by atoms with Crippen molar-refractivity contribution in [3.63, 3.8) is 0 Å². The first-order chi connectivity index (χ1) is 13.9. The number of rotatable bonds is 2. The smallest absolute Gasteiger partial charge is 0.347 e. The number of amides is 2. The average Bonchev–Trinajstić information content (AvgIpc) is 3.00. The molecule has 4 aliphatic rings. The topological polar surface area (TPSA) is 49.4 Å². The van der Waals surface area contributed by atoms with Gasteiger partial charge < -0.3 is 10.2 Å². The lowest BCUT2D eigenvalue weighted by Crippen LogP contribution is -2.55. The Bertz CT molecular complexity index is 792. The van der Waals surface area contributed by atoms with Gasteiger partial charge in [0.05, 0.1) is 0 Å². The number of hydrogen-bond donors (Lipinski definition) is 1. The Morgan fingerprint density at radius 2 is 1.87 bits per heavy atom. The molecule has 0 aromatic rings. The molecule has 2 saturated carbocycles. The molecule has 1 N–H and O–H groups in total. The van der Waals surface area contributed by atoms with Crippen LogP contribution in [0.3, 0.4) is 0 Å². The van der Waals surface area contributed by atoms with Crippen molar-refractivity contribution in [2.24, 2.45) is 34.5 Å². The molecule has 4 nitrogen and oxygen atoms in total. The van der Waals surface area contributed by atoms with Gasteiger partial charge >= 0.3 is 6.18 Å². The van der Waals surface area contributed by atoms with Crippen molar-refractivity contribution < 1.29 is 22.8 Å². The molecule has 1 saturated heterocycles. The minimum absolute atomic E-state index is 0.0341. The van der Waals surface area contributed by atoms with E-state index in [4.69, 9.17) is 0 Å². The van der Waals surface area contributed by atoms with Gasteiger partial charge in [0, 0.05) is 30.5 Å². The number of piperidine rings is 1. The van der Waals surface area contributed by atoms with E-state index >= 15 is 0 Å². The van der Waals surface area contributed by atoms with Crippen molar-refractivity contribution >= 4 is 11.8 Å². The van der Waals surface area contributed by atoms with E-state index in [2.05, 4.69) is 26.1 Å². The van der Waals surface area contributed by atoms with Gasteiger partial charge in [-0.2, -0.15) is 13.2 Å². The van der Waals surface area contributed by atoms with Crippen LogP contribution in [0.2, 0.25) is 0 Å². The second kappa shape index (κ2) is 6.99. The molecular formula is C23H33F3N2O2. The van der Waals surface area contributed by atoms with Gasteiger partial charge in [-0.3, -0.25) is 9.59 Å². The SMILES string of the molecule is CC1=C2N(C)C(=O)CC[C@]2(C)C2CC[C@]3(C)[C@@H](C(=O)NCC(F)(F)F)CC[C@H]3C2C1. The normalized spacial score (nSPS) is 41.3. The zero-order valence-corrected chi connectivity index (χ0v) is 18.4. The summed E-state index contributed by atoms with van der Waals surface area (Å²) in [5.74, 6) is 0.632. The van der Waals surface area contributed by atoms with Crippen molar-refractivity contribution in [2.45, 2.75) is 71.9 Å². The first kappa shape index (κ1) is 21.7. The van der Waals surface area contributed by atoms with E-state index in [0.717, 1.165) is 32.1 Å². The lowest BCUT2D eigenvalue weighted by atomic mass is 9.48. The second-order valence-corrected chi connectivity index (χ2v) is 10.6. The zero-order chi connectivity index (χ0) is 22.1. The van der Waals surface area contributed by atoms with Gasteiger partial charge in [0.1, 0.15) is 6.54 Å². The summed E-state index contributed by atoms with van der Waals surface area (Å²) in [6.45, 7) is 5.31. The predicted octanol–water partition coefficient (Wildman–Crippen LogP) is 4.66. The number of alkyl halides is 3. The maximum atomic E-state index is 12.7. The maximum Gasteiger partial charge on any atom is 0.405 e. The van der Waals surface area contributed by atoms with Gasteiger partial charge in [0.15, 0.2) is 0 Å². The van der Waals surface area contributed by atoms with Gasteiger partial charge in [-0.25, -0.2) is 0 Å². The van der Waals surface area contributed by atoms with Crippen LogP contribution in [-0.2, 0) is 9.59 Å². The van der Waals surface area contributed by atoms with Crippen molar-refractivity contribution in [3.05, 3.63) is 11.3 Å². The standard InChI is InChI=1S/C23H33F3N2O2/c1-13-11-14-15-5-6-17(20(30)27-12-23(24,25)26)21(15,2)9-7-16(14)22(3)10-8-18(29)28(4)19(13)22/h14-17H,5-12H2,1-4H3,(H,27,30)/t14?,15-,16?,17+,21-,22+/m0/s1. The summed E-state index contributed by atoms with van der Waals surface area (Å²) >= 11 is 0. The minimum Gasteiger partial charge on any atom is -0.347 e. The van der Waals surface area contributed by atoms with Crippen molar-refractivity contribution in [3.8, 4) is 0 Å². The summed E-state index contributed by atoms with van der Waals surface area (Å²) in [7, 11) is 1.89. The van der Waals surface area contributed by atoms with E-state index in [-0.39, 0.29) is 22.7 Å². The summed E-state index contributed by atoms with van der Waals surface area (Å²) in [5.41, 5.74) is 2.18. The quantitative estimate of drug-likeness (QED) is 0.698. The first-order valence-electron chi connectivity index (χ1n) is 11.2. The molecule has 30 heavy (non-hydrogen) atoms. The molecule has 0 spiro atoms. The van der Waals surface area contributed by atoms with Crippen LogP contribution in [-0.4, -0.2) is 36.5 Å². The molecule has 2 unspecified atom stereocenters. The number of hydrogen-bond acceptors (Lipinski definition) is 2. The molecule has 7 heteroatoms. The highest BCUT2D eigenvalue weighted by Gasteiger charge is 2.61. The maximum absolute atomic E-state index is 12.7. The van der Waals surface area contributed by atoms with Crippen LogP contribution in [0.1, 0.15) is 65.7 Å². The molecular weight excluding hydrogens is 393 g/mol. The molecule has 0 aromatic carbocycles. The van der Waals surface area contributed by atoms with E-state index in [1.165, 1.54) is 11.3 Å².